The molecule has 0 amide bonds. The Hall–Kier alpha value is -2.11. The molecule has 0 N–H and O–H groups in total. The maximum atomic E-state index is 12.3. The Bertz CT molecular complexity index is 920. The lowest BCUT2D eigenvalue weighted by atomic mass is 10.2. The molecule has 6 heteroatoms. The van der Waals surface area contributed by atoms with E-state index in [0.29, 0.717) is 23.0 Å². The maximum absolute atomic E-state index is 12.3. The Labute approximate surface area is 146 Å². The number of hydrogen-bond donors (Lipinski definition) is 0. The summed E-state index contributed by atoms with van der Waals surface area (Å²) in [6.45, 7) is 0. The number of sulfone groups is 1. The van der Waals surface area contributed by atoms with Gasteiger partial charge in [-0.15, -0.1) is 0 Å². The molecule has 24 heavy (non-hydrogen) atoms. The number of nitrogens with zero attached hydrogens (tertiary/aromatic N) is 1. The third-order valence-corrected chi connectivity index (χ3v) is 5.33. The molecule has 0 spiro atoms. The number of aromatic nitrogens is 1. The summed E-state index contributed by atoms with van der Waals surface area (Å²) >= 11 is 5.94. The van der Waals surface area contributed by atoms with Gasteiger partial charge in [-0.25, -0.2) is 13.4 Å². The van der Waals surface area contributed by atoms with Crippen molar-refractivity contribution in [2.75, 3.05) is 5.75 Å². The summed E-state index contributed by atoms with van der Waals surface area (Å²) in [6, 6.07) is 16.6. The topological polar surface area (TPSA) is 60.2 Å². The van der Waals surface area contributed by atoms with Gasteiger partial charge in [-0.05, 0) is 30.2 Å². The highest BCUT2D eigenvalue weighted by Gasteiger charge is 2.16. The molecule has 0 saturated carbocycles. The first-order valence-electron chi connectivity index (χ1n) is 7.46. The molecule has 0 radical (unpaired) electrons. The average Bonchev–Trinajstić information content (AvgIpc) is 3.02. The molecule has 0 aliphatic carbocycles. The zero-order chi connectivity index (χ0) is 17.0. The summed E-state index contributed by atoms with van der Waals surface area (Å²) in [6.07, 6.45) is 1.87. The van der Waals surface area contributed by atoms with Gasteiger partial charge < -0.3 is 4.42 Å². The normalized spacial score (nSPS) is 11.5. The van der Waals surface area contributed by atoms with Crippen molar-refractivity contribution in [3.8, 4) is 11.5 Å². The maximum Gasteiger partial charge on any atom is 0.226 e. The smallest absolute Gasteiger partial charge is 0.226 e. The first-order valence-corrected chi connectivity index (χ1v) is 9.66. The molecule has 3 rings (SSSR count). The summed E-state index contributed by atoms with van der Waals surface area (Å²) in [5.41, 5.74) is 2.12. The van der Waals surface area contributed by atoms with Crippen LogP contribution in [0.3, 0.4) is 0 Å². The van der Waals surface area contributed by atoms with E-state index in [1.165, 1.54) is 6.26 Å². The standard InChI is InChI=1S/C18H16ClNO3S/c19-16-8-4-7-15(11-16)18-20-17(12-23-18)13-24(21,22)10-9-14-5-2-1-3-6-14/h1-8,11-12H,9-10,13H2. The van der Waals surface area contributed by atoms with Gasteiger partial charge in [0.25, 0.3) is 0 Å². The van der Waals surface area contributed by atoms with Crippen LogP contribution in [-0.4, -0.2) is 19.2 Å². The molecule has 124 valence electrons. The van der Waals surface area contributed by atoms with Crippen LogP contribution < -0.4 is 0 Å². The summed E-state index contributed by atoms with van der Waals surface area (Å²) in [5.74, 6) is 0.311. The lowest BCUT2D eigenvalue weighted by Crippen LogP contribution is -2.11. The van der Waals surface area contributed by atoms with Crippen LogP contribution in [0.5, 0.6) is 0 Å². The first kappa shape index (κ1) is 16.7. The second-order valence-corrected chi connectivity index (χ2v) is 8.10. The van der Waals surface area contributed by atoms with E-state index in [2.05, 4.69) is 4.98 Å². The summed E-state index contributed by atoms with van der Waals surface area (Å²) in [4.78, 5) is 4.26. The van der Waals surface area contributed by atoms with Crippen molar-refractivity contribution in [3.63, 3.8) is 0 Å². The fourth-order valence-corrected chi connectivity index (χ4v) is 3.81. The monoisotopic (exact) mass is 361 g/mol. The molecule has 3 aromatic rings. The van der Waals surface area contributed by atoms with Gasteiger partial charge in [0.05, 0.1) is 17.2 Å². The van der Waals surface area contributed by atoms with Crippen molar-refractivity contribution in [1.82, 2.24) is 4.98 Å². The van der Waals surface area contributed by atoms with Crippen molar-refractivity contribution >= 4 is 21.4 Å². The van der Waals surface area contributed by atoms with E-state index >= 15 is 0 Å². The number of benzene rings is 2. The molecule has 1 heterocycles. The predicted molar refractivity (Wildman–Crippen MR) is 94.6 cm³/mol. The molecule has 4 nitrogen and oxygen atoms in total. The van der Waals surface area contributed by atoms with Crippen molar-refractivity contribution in [1.29, 1.82) is 0 Å². The number of hydrogen-bond acceptors (Lipinski definition) is 4. The van der Waals surface area contributed by atoms with Crippen molar-refractivity contribution in [2.45, 2.75) is 12.2 Å². The number of rotatable bonds is 6. The zero-order valence-electron chi connectivity index (χ0n) is 12.9. The largest absolute Gasteiger partial charge is 0.444 e. The van der Waals surface area contributed by atoms with Crippen LogP contribution in [-0.2, 0) is 22.0 Å². The SMILES string of the molecule is O=S(=O)(CCc1ccccc1)Cc1coc(-c2cccc(Cl)c2)n1. The Morgan fingerprint density at radius 1 is 1.04 bits per heavy atom. The van der Waals surface area contributed by atoms with Gasteiger partial charge in [0.2, 0.25) is 5.89 Å². The fraction of sp³-hybridized carbons (Fsp3) is 0.167. The zero-order valence-corrected chi connectivity index (χ0v) is 14.4. The molecule has 0 fully saturated rings. The van der Waals surface area contributed by atoms with Gasteiger partial charge >= 0.3 is 0 Å². The van der Waals surface area contributed by atoms with Gasteiger partial charge in [0.1, 0.15) is 6.26 Å². The van der Waals surface area contributed by atoms with Gasteiger partial charge in [0, 0.05) is 10.6 Å². The van der Waals surface area contributed by atoms with Gasteiger partial charge in [-0.2, -0.15) is 0 Å². The minimum Gasteiger partial charge on any atom is -0.444 e. The molecule has 0 aliphatic heterocycles. The second-order valence-electron chi connectivity index (χ2n) is 5.48. The minimum atomic E-state index is -3.26. The van der Waals surface area contributed by atoms with Crippen molar-refractivity contribution in [2.24, 2.45) is 0 Å². The van der Waals surface area contributed by atoms with E-state index in [4.69, 9.17) is 16.0 Å². The van der Waals surface area contributed by atoms with Crippen LogP contribution >= 0.6 is 11.6 Å². The minimum absolute atomic E-state index is 0.0797. The lowest BCUT2D eigenvalue weighted by Gasteiger charge is -2.02. The molecule has 2 aromatic carbocycles. The summed E-state index contributed by atoms with van der Waals surface area (Å²) in [5, 5.41) is 0.572. The number of aryl methyl sites for hydroxylation is 1. The van der Waals surface area contributed by atoms with Gasteiger partial charge in [0.15, 0.2) is 9.84 Å². The number of halogens is 1. The molecule has 1 aromatic heterocycles. The molecular weight excluding hydrogens is 346 g/mol. The van der Waals surface area contributed by atoms with E-state index in [9.17, 15) is 8.42 Å². The van der Waals surface area contributed by atoms with Gasteiger partial charge in [-0.3, -0.25) is 0 Å². The Kier molecular flexibility index (Phi) is 5.02. The second kappa shape index (κ2) is 7.20. The predicted octanol–water partition coefficient (Wildman–Crippen LogP) is 4.15. The van der Waals surface area contributed by atoms with Crippen LogP contribution in [0.1, 0.15) is 11.3 Å². The van der Waals surface area contributed by atoms with E-state index in [-0.39, 0.29) is 11.5 Å². The van der Waals surface area contributed by atoms with E-state index in [1.54, 1.807) is 18.2 Å². The lowest BCUT2D eigenvalue weighted by molar-refractivity contribution is 0.571. The Balaban J connectivity index is 1.67. The van der Waals surface area contributed by atoms with Crippen LogP contribution in [0.4, 0.5) is 0 Å². The molecule has 0 unspecified atom stereocenters. The van der Waals surface area contributed by atoms with Crippen LogP contribution in [0, 0.1) is 0 Å². The summed E-state index contributed by atoms with van der Waals surface area (Å²) in [7, 11) is -3.26. The third kappa shape index (κ3) is 4.46. The van der Waals surface area contributed by atoms with Crippen LogP contribution in [0.2, 0.25) is 5.02 Å². The molecule has 0 atom stereocenters. The van der Waals surface area contributed by atoms with E-state index in [1.807, 2.05) is 36.4 Å². The highest BCUT2D eigenvalue weighted by molar-refractivity contribution is 7.90. The van der Waals surface area contributed by atoms with Crippen molar-refractivity contribution < 1.29 is 12.8 Å². The molecule has 0 aliphatic rings. The van der Waals surface area contributed by atoms with Crippen molar-refractivity contribution in [3.05, 3.63) is 77.1 Å². The first-order chi connectivity index (χ1) is 11.5. The molecule has 0 saturated heterocycles. The average molecular weight is 362 g/mol. The van der Waals surface area contributed by atoms with Crippen LogP contribution in [0.15, 0.2) is 65.3 Å². The number of oxazole rings is 1. The molecule has 0 bridgehead atoms. The third-order valence-electron chi connectivity index (χ3n) is 3.54. The van der Waals surface area contributed by atoms with Gasteiger partial charge in [-0.1, -0.05) is 48.0 Å². The summed E-state index contributed by atoms with van der Waals surface area (Å²) < 4.78 is 29.9. The van der Waals surface area contributed by atoms with E-state index < -0.39 is 9.84 Å². The highest BCUT2D eigenvalue weighted by Crippen LogP contribution is 2.22. The Morgan fingerprint density at radius 3 is 2.58 bits per heavy atom. The quantitative estimate of drug-likeness (QED) is 0.661. The van der Waals surface area contributed by atoms with E-state index in [0.717, 1.165) is 11.1 Å². The fourth-order valence-electron chi connectivity index (χ4n) is 2.34. The Morgan fingerprint density at radius 2 is 1.83 bits per heavy atom. The molecular formula is C18H16ClNO3S. The highest BCUT2D eigenvalue weighted by atomic mass is 35.5. The van der Waals surface area contributed by atoms with Crippen LogP contribution in [0.25, 0.3) is 11.5 Å².